The number of halogens is 1. The standard InChI is InChI=1S/C10H11BrN2S/c1-7-5-8(2)13(12-7)6-9-3-4-10(11)14-9/h3-5H,6H2,1-2H3. The monoisotopic (exact) mass is 270 g/mol. The SMILES string of the molecule is Cc1cc(C)n(Cc2ccc(Br)s2)n1. The summed E-state index contributed by atoms with van der Waals surface area (Å²) < 4.78 is 3.21. The number of thiophene rings is 1. The van der Waals surface area contributed by atoms with Crippen LogP contribution in [0.5, 0.6) is 0 Å². The van der Waals surface area contributed by atoms with Crippen LogP contribution in [0.15, 0.2) is 22.0 Å². The molecule has 2 nitrogen and oxygen atoms in total. The summed E-state index contributed by atoms with van der Waals surface area (Å²) in [7, 11) is 0. The van der Waals surface area contributed by atoms with E-state index >= 15 is 0 Å². The second-order valence-electron chi connectivity index (χ2n) is 3.29. The summed E-state index contributed by atoms with van der Waals surface area (Å²) in [4.78, 5) is 1.32. The van der Waals surface area contributed by atoms with Crippen LogP contribution in [-0.4, -0.2) is 9.78 Å². The number of nitrogens with zero attached hydrogens (tertiary/aromatic N) is 2. The summed E-state index contributed by atoms with van der Waals surface area (Å²) in [6.45, 7) is 4.98. The number of hydrogen-bond donors (Lipinski definition) is 0. The van der Waals surface area contributed by atoms with Gasteiger partial charge in [-0.1, -0.05) is 0 Å². The van der Waals surface area contributed by atoms with E-state index in [4.69, 9.17) is 0 Å². The molecule has 0 aliphatic rings. The molecule has 0 unspecified atom stereocenters. The average Bonchev–Trinajstić information content (AvgIpc) is 2.61. The fourth-order valence-electron chi connectivity index (χ4n) is 1.42. The van der Waals surface area contributed by atoms with Crippen LogP contribution in [0.25, 0.3) is 0 Å². The Bertz CT molecular complexity index is 445. The lowest BCUT2D eigenvalue weighted by atomic mass is 10.4. The Balaban J connectivity index is 2.22. The summed E-state index contributed by atoms with van der Waals surface area (Å²) in [6, 6.07) is 6.31. The lowest BCUT2D eigenvalue weighted by Gasteiger charge is -2.00. The maximum atomic E-state index is 4.42. The summed E-state index contributed by atoms with van der Waals surface area (Å²) in [5, 5.41) is 4.42. The van der Waals surface area contributed by atoms with Crippen LogP contribution in [0.2, 0.25) is 0 Å². The first-order chi connectivity index (χ1) is 6.65. The normalized spacial score (nSPS) is 10.8. The van der Waals surface area contributed by atoms with Crippen molar-refractivity contribution in [1.29, 1.82) is 0 Å². The molecule has 0 radical (unpaired) electrons. The van der Waals surface area contributed by atoms with Gasteiger partial charge in [-0.3, -0.25) is 4.68 Å². The maximum absolute atomic E-state index is 4.42. The van der Waals surface area contributed by atoms with Crippen LogP contribution in [0.1, 0.15) is 16.3 Å². The lowest BCUT2D eigenvalue weighted by molar-refractivity contribution is 0.666. The van der Waals surface area contributed by atoms with Gasteiger partial charge >= 0.3 is 0 Å². The molecule has 0 atom stereocenters. The fourth-order valence-corrected chi connectivity index (χ4v) is 2.88. The van der Waals surface area contributed by atoms with Gasteiger partial charge in [0, 0.05) is 10.6 Å². The van der Waals surface area contributed by atoms with Gasteiger partial charge in [0.15, 0.2) is 0 Å². The van der Waals surface area contributed by atoms with E-state index < -0.39 is 0 Å². The smallest absolute Gasteiger partial charge is 0.0755 e. The largest absolute Gasteiger partial charge is 0.264 e. The minimum Gasteiger partial charge on any atom is -0.264 e. The second kappa shape index (κ2) is 3.87. The Morgan fingerprint density at radius 1 is 1.43 bits per heavy atom. The first-order valence-corrected chi connectivity index (χ1v) is 6.01. The van der Waals surface area contributed by atoms with Gasteiger partial charge in [-0.05, 0) is 48.0 Å². The molecular weight excluding hydrogens is 260 g/mol. The molecule has 2 aromatic heterocycles. The highest BCUT2D eigenvalue weighted by molar-refractivity contribution is 9.11. The summed E-state index contributed by atoms with van der Waals surface area (Å²) in [6.07, 6.45) is 0. The highest BCUT2D eigenvalue weighted by Gasteiger charge is 2.03. The van der Waals surface area contributed by atoms with Crippen LogP contribution < -0.4 is 0 Å². The number of rotatable bonds is 2. The van der Waals surface area contributed by atoms with E-state index in [0.717, 1.165) is 12.2 Å². The first kappa shape index (κ1) is 9.93. The van der Waals surface area contributed by atoms with Gasteiger partial charge in [0.1, 0.15) is 0 Å². The molecule has 0 spiro atoms. The highest BCUT2D eigenvalue weighted by Crippen LogP contribution is 2.23. The van der Waals surface area contributed by atoms with Gasteiger partial charge in [0.2, 0.25) is 0 Å². The fraction of sp³-hybridized carbons (Fsp3) is 0.300. The van der Waals surface area contributed by atoms with Crippen molar-refractivity contribution >= 4 is 27.3 Å². The summed E-state index contributed by atoms with van der Waals surface area (Å²) >= 11 is 5.21. The summed E-state index contributed by atoms with van der Waals surface area (Å²) in [5.74, 6) is 0. The molecule has 0 saturated carbocycles. The highest BCUT2D eigenvalue weighted by atomic mass is 79.9. The third kappa shape index (κ3) is 2.07. The second-order valence-corrected chi connectivity index (χ2v) is 5.84. The predicted octanol–water partition coefficient (Wildman–Crippen LogP) is 3.37. The molecule has 0 aliphatic heterocycles. The van der Waals surface area contributed by atoms with Gasteiger partial charge in [-0.2, -0.15) is 5.10 Å². The number of hydrogen-bond acceptors (Lipinski definition) is 2. The molecule has 0 aliphatic carbocycles. The van der Waals surface area contributed by atoms with Crippen molar-refractivity contribution < 1.29 is 0 Å². The molecule has 0 fully saturated rings. The first-order valence-electron chi connectivity index (χ1n) is 4.40. The van der Waals surface area contributed by atoms with Gasteiger partial charge in [-0.15, -0.1) is 11.3 Å². The van der Waals surface area contributed by atoms with Crippen molar-refractivity contribution in [3.8, 4) is 0 Å². The topological polar surface area (TPSA) is 17.8 Å². The third-order valence-electron chi connectivity index (χ3n) is 2.04. The van der Waals surface area contributed by atoms with Crippen molar-refractivity contribution in [2.45, 2.75) is 20.4 Å². The Labute approximate surface area is 95.7 Å². The van der Waals surface area contributed by atoms with Gasteiger partial charge in [0.05, 0.1) is 16.0 Å². The van der Waals surface area contributed by atoms with E-state index in [1.54, 1.807) is 11.3 Å². The molecule has 2 heterocycles. The minimum atomic E-state index is 0.871. The molecule has 4 heteroatoms. The van der Waals surface area contributed by atoms with E-state index in [9.17, 15) is 0 Å². The minimum absolute atomic E-state index is 0.871. The van der Waals surface area contributed by atoms with E-state index in [-0.39, 0.29) is 0 Å². The zero-order valence-corrected chi connectivity index (χ0v) is 10.5. The summed E-state index contributed by atoms with van der Waals surface area (Å²) in [5.41, 5.74) is 2.30. The van der Waals surface area contributed by atoms with Crippen LogP contribution in [-0.2, 0) is 6.54 Å². The third-order valence-corrected chi connectivity index (χ3v) is 3.65. The van der Waals surface area contributed by atoms with Gasteiger partial charge in [-0.25, -0.2) is 0 Å². The maximum Gasteiger partial charge on any atom is 0.0755 e. The van der Waals surface area contributed by atoms with Crippen molar-refractivity contribution in [3.63, 3.8) is 0 Å². The van der Waals surface area contributed by atoms with Crippen molar-refractivity contribution in [2.75, 3.05) is 0 Å². The van der Waals surface area contributed by atoms with E-state index in [2.05, 4.69) is 46.2 Å². The Hall–Kier alpha value is -0.610. The molecule has 0 saturated heterocycles. The molecule has 74 valence electrons. The molecule has 2 rings (SSSR count). The lowest BCUT2D eigenvalue weighted by Crippen LogP contribution is -2.02. The molecule has 2 aromatic rings. The number of aromatic nitrogens is 2. The van der Waals surface area contributed by atoms with Crippen molar-refractivity contribution in [1.82, 2.24) is 9.78 Å². The van der Waals surface area contributed by atoms with E-state index in [0.29, 0.717) is 0 Å². The Kier molecular flexibility index (Phi) is 2.74. The molecular formula is C10H11BrN2S. The van der Waals surface area contributed by atoms with Crippen molar-refractivity contribution in [3.05, 3.63) is 38.3 Å². The van der Waals surface area contributed by atoms with Crippen LogP contribution in [0.3, 0.4) is 0 Å². The molecule has 0 bridgehead atoms. The van der Waals surface area contributed by atoms with Gasteiger partial charge in [0.25, 0.3) is 0 Å². The molecule has 14 heavy (non-hydrogen) atoms. The van der Waals surface area contributed by atoms with Gasteiger partial charge < -0.3 is 0 Å². The van der Waals surface area contributed by atoms with Crippen molar-refractivity contribution in [2.24, 2.45) is 0 Å². The zero-order valence-electron chi connectivity index (χ0n) is 8.12. The molecule has 0 aromatic carbocycles. The van der Waals surface area contributed by atoms with Crippen LogP contribution in [0.4, 0.5) is 0 Å². The Morgan fingerprint density at radius 2 is 2.21 bits per heavy atom. The van der Waals surface area contributed by atoms with Crippen LogP contribution in [0, 0.1) is 13.8 Å². The van der Waals surface area contributed by atoms with E-state index in [1.807, 2.05) is 11.6 Å². The average molecular weight is 271 g/mol. The Morgan fingerprint density at radius 3 is 2.71 bits per heavy atom. The van der Waals surface area contributed by atoms with E-state index in [1.165, 1.54) is 14.4 Å². The molecule has 0 N–H and O–H groups in total. The molecule has 0 amide bonds. The van der Waals surface area contributed by atoms with Crippen LogP contribution >= 0.6 is 27.3 Å². The predicted molar refractivity (Wildman–Crippen MR) is 62.8 cm³/mol. The quantitative estimate of drug-likeness (QED) is 0.818. The number of aryl methyl sites for hydroxylation is 2. The zero-order chi connectivity index (χ0) is 10.1.